The van der Waals surface area contributed by atoms with E-state index in [1.165, 1.54) is 18.2 Å². The predicted octanol–water partition coefficient (Wildman–Crippen LogP) is 2.87. The molecule has 2 N–H and O–H groups in total. The lowest BCUT2D eigenvalue weighted by atomic mass is 9.98. The molecule has 0 saturated carbocycles. The molecule has 1 atom stereocenters. The van der Waals surface area contributed by atoms with Gasteiger partial charge in [-0.15, -0.1) is 0 Å². The van der Waals surface area contributed by atoms with Crippen LogP contribution in [0, 0.1) is 5.92 Å². The molecule has 5 nitrogen and oxygen atoms in total. The van der Waals surface area contributed by atoms with Crippen LogP contribution in [0.3, 0.4) is 0 Å². The second kappa shape index (κ2) is 8.15. The quantitative estimate of drug-likeness (QED) is 0.775. The molecule has 0 fully saturated rings. The highest BCUT2D eigenvalue weighted by atomic mass is 16.5. The maximum atomic E-state index is 12.3. The van der Waals surface area contributed by atoms with Gasteiger partial charge < -0.3 is 15.2 Å². The van der Waals surface area contributed by atoms with Crippen molar-refractivity contribution in [3.05, 3.63) is 59.7 Å². The minimum absolute atomic E-state index is 0.0115. The van der Waals surface area contributed by atoms with Gasteiger partial charge in [0.2, 0.25) is 0 Å². The minimum atomic E-state index is -0.555. The zero-order chi connectivity index (χ0) is 18.5. The molecule has 0 unspecified atom stereocenters. The van der Waals surface area contributed by atoms with E-state index in [1.807, 2.05) is 24.3 Å². The van der Waals surface area contributed by atoms with E-state index in [-0.39, 0.29) is 18.9 Å². The molecule has 3 rings (SSSR count). The number of hydrogen-bond donors (Lipinski definition) is 1. The predicted molar refractivity (Wildman–Crippen MR) is 98.5 cm³/mol. The molecule has 0 aliphatic heterocycles. The summed E-state index contributed by atoms with van der Waals surface area (Å²) in [5.41, 5.74) is 10.2. The Morgan fingerprint density at radius 2 is 1.62 bits per heavy atom. The SMILES string of the molecule is COC(=O)[C@H](CCN)CC(=O)OCC1c2ccccc2-c2ccccc21. The van der Waals surface area contributed by atoms with E-state index in [2.05, 4.69) is 24.3 Å². The number of carbonyl (C=O) groups excluding carboxylic acids is 2. The molecule has 0 radical (unpaired) electrons. The fourth-order valence-corrected chi connectivity index (χ4v) is 3.55. The lowest BCUT2D eigenvalue weighted by Crippen LogP contribution is -2.24. The first-order valence-corrected chi connectivity index (χ1v) is 8.77. The Kier molecular flexibility index (Phi) is 5.68. The van der Waals surface area contributed by atoms with Crippen LogP contribution >= 0.6 is 0 Å². The van der Waals surface area contributed by atoms with Gasteiger partial charge in [0.1, 0.15) is 6.61 Å². The number of hydrogen-bond acceptors (Lipinski definition) is 5. The first-order valence-electron chi connectivity index (χ1n) is 8.77. The second-order valence-electron chi connectivity index (χ2n) is 6.41. The number of methoxy groups -OCH3 is 1. The molecule has 136 valence electrons. The number of rotatable bonds is 7. The lowest BCUT2D eigenvalue weighted by Gasteiger charge is -2.16. The number of esters is 2. The van der Waals surface area contributed by atoms with Gasteiger partial charge in [0.25, 0.3) is 0 Å². The van der Waals surface area contributed by atoms with Crippen molar-refractivity contribution < 1.29 is 19.1 Å². The Hall–Kier alpha value is -2.66. The molecule has 0 spiro atoms. The van der Waals surface area contributed by atoms with Gasteiger partial charge in [-0.25, -0.2) is 0 Å². The van der Waals surface area contributed by atoms with Gasteiger partial charge in [0.15, 0.2) is 0 Å². The average molecular weight is 353 g/mol. The summed E-state index contributed by atoms with van der Waals surface area (Å²) < 4.78 is 10.3. The van der Waals surface area contributed by atoms with E-state index in [1.54, 1.807) is 0 Å². The van der Waals surface area contributed by atoms with Gasteiger partial charge in [-0.2, -0.15) is 0 Å². The van der Waals surface area contributed by atoms with Crippen molar-refractivity contribution in [1.29, 1.82) is 0 Å². The number of ether oxygens (including phenoxy) is 2. The maximum Gasteiger partial charge on any atom is 0.309 e. The fraction of sp³-hybridized carbons (Fsp3) is 0.333. The van der Waals surface area contributed by atoms with E-state index >= 15 is 0 Å². The Morgan fingerprint density at radius 1 is 1.04 bits per heavy atom. The molecule has 0 amide bonds. The molecule has 1 aliphatic rings. The third-order valence-electron chi connectivity index (χ3n) is 4.84. The summed E-state index contributed by atoms with van der Waals surface area (Å²) in [4.78, 5) is 24.0. The summed E-state index contributed by atoms with van der Waals surface area (Å²) in [6.07, 6.45) is 0.386. The molecule has 2 aromatic carbocycles. The highest BCUT2D eigenvalue weighted by molar-refractivity contribution is 5.81. The summed E-state index contributed by atoms with van der Waals surface area (Å²) in [7, 11) is 1.31. The van der Waals surface area contributed by atoms with Crippen LogP contribution in [0.1, 0.15) is 29.9 Å². The van der Waals surface area contributed by atoms with Gasteiger partial charge in [-0.3, -0.25) is 9.59 Å². The van der Waals surface area contributed by atoms with E-state index < -0.39 is 17.9 Å². The van der Waals surface area contributed by atoms with Crippen LogP contribution in [0.4, 0.5) is 0 Å². The van der Waals surface area contributed by atoms with Crippen molar-refractivity contribution in [3.8, 4) is 11.1 Å². The second-order valence-corrected chi connectivity index (χ2v) is 6.41. The van der Waals surface area contributed by atoms with E-state index in [0.717, 1.165) is 11.1 Å². The monoisotopic (exact) mass is 353 g/mol. The summed E-state index contributed by atoms with van der Waals surface area (Å²) in [6, 6.07) is 16.3. The van der Waals surface area contributed by atoms with Crippen LogP contribution in [0.2, 0.25) is 0 Å². The lowest BCUT2D eigenvalue weighted by molar-refractivity contribution is -0.153. The van der Waals surface area contributed by atoms with E-state index in [4.69, 9.17) is 15.2 Å². The molecule has 0 heterocycles. The number of benzene rings is 2. The minimum Gasteiger partial charge on any atom is -0.469 e. The molecule has 0 aromatic heterocycles. The highest BCUT2D eigenvalue weighted by Gasteiger charge is 2.30. The summed E-state index contributed by atoms with van der Waals surface area (Å²) in [6.45, 7) is 0.569. The molecule has 26 heavy (non-hydrogen) atoms. The van der Waals surface area contributed by atoms with Crippen molar-refractivity contribution >= 4 is 11.9 Å². The van der Waals surface area contributed by atoms with Crippen molar-refractivity contribution in [2.24, 2.45) is 11.7 Å². The summed E-state index contributed by atoms with van der Waals surface area (Å²) in [5.74, 6) is -1.38. The topological polar surface area (TPSA) is 78.6 Å². The Morgan fingerprint density at radius 3 is 2.15 bits per heavy atom. The number of carbonyl (C=O) groups is 2. The first-order chi connectivity index (χ1) is 12.7. The van der Waals surface area contributed by atoms with Crippen LogP contribution in [0.5, 0.6) is 0 Å². The standard InChI is InChI=1S/C21H23NO4/c1-25-21(24)14(10-11-22)12-20(23)26-13-19-17-8-4-2-6-15(17)16-7-3-5-9-18(16)19/h2-9,14,19H,10-13,22H2,1H3/t14-/m1/s1. The third-order valence-corrected chi connectivity index (χ3v) is 4.84. The molecular weight excluding hydrogens is 330 g/mol. The van der Waals surface area contributed by atoms with Gasteiger partial charge in [-0.05, 0) is 35.2 Å². The largest absolute Gasteiger partial charge is 0.469 e. The van der Waals surface area contributed by atoms with Gasteiger partial charge in [-0.1, -0.05) is 48.5 Å². The van der Waals surface area contributed by atoms with Gasteiger partial charge in [0.05, 0.1) is 19.4 Å². The molecule has 0 bridgehead atoms. The Labute approximate surface area is 153 Å². The summed E-state index contributed by atoms with van der Waals surface area (Å²) in [5, 5.41) is 0. The van der Waals surface area contributed by atoms with Crippen molar-refractivity contribution in [2.75, 3.05) is 20.3 Å². The average Bonchev–Trinajstić information content (AvgIpc) is 2.99. The zero-order valence-electron chi connectivity index (χ0n) is 14.8. The van der Waals surface area contributed by atoms with Crippen molar-refractivity contribution in [1.82, 2.24) is 0 Å². The summed E-state index contributed by atoms with van der Waals surface area (Å²) >= 11 is 0. The zero-order valence-corrected chi connectivity index (χ0v) is 14.8. The van der Waals surface area contributed by atoms with Gasteiger partial charge >= 0.3 is 11.9 Å². The maximum absolute atomic E-state index is 12.3. The molecule has 5 heteroatoms. The smallest absolute Gasteiger partial charge is 0.309 e. The molecule has 0 saturated heterocycles. The van der Waals surface area contributed by atoms with Crippen LogP contribution in [0.25, 0.3) is 11.1 Å². The number of nitrogens with two attached hydrogens (primary N) is 1. The molecule has 2 aromatic rings. The third kappa shape index (κ3) is 3.63. The Balaban J connectivity index is 1.70. The van der Waals surface area contributed by atoms with Crippen LogP contribution in [-0.2, 0) is 19.1 Å². The van der Waals surface area contributed by atoms with Crippen LogP contribution in [-0.4, -0.2) is 32.2 Å². The molecule has 1 aliphatic carbocycles. The van der Waals surface area contributed by atoms with E-state index in [0.29, 0.717) is 13.0 Å². The highest BCUT2D eigenvalue weighted by Crippen LogP contribution is 2.44. The van der Waals surface area contributed by atoms with E-state index in [9.17, 15) is 9.59 Å². The first kappa shape index (κ1) is 18.1. The normalized spacial score (nSPS) is 13.6. The molecular formula is C21H23NO4. The van der Waals surface area contributed by atoms with Gasteiger partial charge in [0, 0.05) is 5.92 Å². The van der Waals surface area contributed by atoms with Crippen molar-refractivity contribution in [3.63, 3.8) is 0 Å². The van der Waals surface area contributed by atoms with Crippen molar-refractivity contribution in [2.45, 2.75) is 18.8 Å². The van der Waals surface area contributed by atoms with Crippen LogP contribution < -0.4 is 5.73 Å². The Bertz CT molecular complexity index is 757. The fourth-order valence-electron chi connectivity index (χ4n) is 3.55. The number of fused-ring (bicyclic) bond motifs is 3. The van der Waals surface area contributed by atoms with Crippen LogP contribution in [0.15, 0.2) is 48.5 Å².